The molecule has 2 aromatic rings. The number of nitrogens with one attached hydrogen (secondary N) is 1. The van der Waals surface area contributed by atoms with Crippen LogP contribution >= 0.6 is 0 Å². The number of rotatable bonds is 0. The lowest BCUT2D eigenvalue weighted by Gasteiger charge is -2.29. The Morgan fingerprint density at radius 3 is 3.03 bits per heavy atom. The van der Waals surface area contributed by atoms with Crippen molar-refractivity contribution in [2.24, 2.45) is 10.9 Å². The molecule has 3 atom stereocenters. The van der Waals surface area contributed by atoms with E-state index in [2.05, 4.69) is 16.3 Å². The highest BCUT2D eigenvalue weighted by molar-refractivity contribution is 6.08. The Kier molecular flexibility index (Phi) is 4.78. The summed E-state index contributed by atoms with van der Waals surface area (Å²) in [6.45, 7) is 3.88. The molecular formula is C23H24FN5O. The quantitative estimate of drug-likeness (QED) is 0.715. The van der Waals surface area contributed by atoms with Gasteiger partial charge in [-0.05, 0) is 50.1 Å². The molecule has 1 N–H and O–H groups in total. The van der Waals surface area contributed by atoms with Gasteiger partial charge in [-0.25, -0.2) is 9.37 Å². The topological polar surface area (TPSA) is 73.5 Å². The van der Waals surface area contributed by atoms with E-state index < -0.39 is 0 Å². The van der Waals surface area contributed by atoms with Crippen LogP contribution in [-0.2, 0) is 0 Å². The van der Waals surface area contributed by atoms with Gasteiger partial charge in [-0.1, -0.05) is 0 Å². The van der Waals surface area contributed by atoms with Crippen LogP contribution in [0.1, 0.15) is 43.5 Å². The molecule has 154 valence electrons. The molecule has 0 radical (unpaired) electrons. The fourth-order valence-corrected chi connectivity index (χ4v) is 4.60. The molecule has 7 heteroatoms. The lowest BCUT2D eigenvalue weighted by atomic mass is 9.95. The van der Waals surface area contributed by atoms with Crippen LogP contribution in [0.3, 0.4) is 0 Å². The number of aromatic nitrogens is 1. The van der Waals surface area contributed by atoms with Gasteiger partial charge >= 0.3 is 0 Å². The SMILES string of the molecule is C[C@H]1CCOc2ccc(F)cc2[C@H]2CCCN2c2ccc3c(n2)C(=N1)C(C#N)CN3. The number of nitriles is 1. The molecule has 0 spiro atoms. The average molecular weight is 405 g/mol. The first kappa shape index (κ1) is 18.9. The average Bonchev–Trinajstić information content (AvgIpc) is 3.24. The van der Waals surface area contributed by atoms with Gasteiger partial charge in [0.25, 0.3) is 0 Å². The molecule has 3 aliphatic rings. The Morgan fingerprint density at radius 2 is 2.17 bits per heavy atom. The minimum absolute atomic E-state index is 0.00290. The van der Waals surface area contributed by atoms with Crippen LogP contribution in [0.15, 0.2) is 35.3 Å². The third kappa shape index (κ3) is 3.26. The maximum atomic E-state index is 14.1. The molecule has 5 rings (SSSR count). The number of hydrogen-bond donors (Lipinski definition) is 1. The second-order valence-corrected chi connectivity index (χ2v) is 8.16. The van der Waals surface area contributed by atoms with Gasteiger partial charge in [0.05, 0.1) is 36.2 Å². The van der Waals surface area contributed by atoms with Gasteiger partial charge < -0.3 is 15.0 Å². The van der Waals surface area contributed by atoms with Gasteiger partial charge in [-0.3, -0.25) is 4.99 Å². The normalized spacial score (nSPS) is 25.2. The van der Waals surface area contributed by atoms with E-state index in [1.165, 1.54) is 6.07 Å². The molecule has 6 nitrogen and oxygen atoms in total. The number of pyridine rings is 1. The second kappa shape index (κ2) is 7.60. The highest BCUT2D eigenvalue weighted by Gasteiger charge is 2.33. The summed E-state index contributed by atoms with van der Waals surface area (Å²) in [6, 6.07) is 11.1. The number of aliphatic imine (C=N–C) groups is 1. The first-order chi connectivity index (χ1) is 14.6. The maximum absolute atomic E-state index is 14.1. The van der Waals surface area contributed by atoms with Crippen LogP contribution in [0.5, 0.6) is 5.75 Å². The molecule has 1 saturated heterocycles. The molecule has 0 saturated carbocycles. The van der Waals surface area contributed by atoms with E-state index in [4.69, 9.17) is 14.7 Å². The molecular weight excluding hydrogens is 381 g/mol. The van der Waals surface area contributed by atoms with Crippen LogP contribution in [0, 0.1) is 23.1 Å². The third-order valence-electron chi connectivity index (χ3n) is 6.14. The lowest BCUT2D eigenvalue weighted by Crippen LogP contribution is -2.32. The van der Waals surface area contributed by atoms with Crippen LogP contribution in [0.25, 0.3) is 0 Å². The van der Waals surface area contributed by atoms with Gasteiger partial charge in [-0.15, -0.1) is 0 Å². The van der Waals surface area contributed by atoms with Crippen LogP contribution in [0.4, 0.5) is 15.9 Å². The van der Waals surface area contributed by atoms with Crippen molar-refractivity contribution < 1.29 is 9.13 Å². The number of benzene rings is 1. The highest BCUT2D eigenvalue weighted by atomic mass is 19.1. The molecule has 1 aromatic heterocycles. The van der Waals surface area contributed by atoms with Crippen molar-refractivity contribution in [1.82, 2.24) is 4.98 Å². The predicted octanol–water partition coefficient (Wildman–Crippen LogP) is 4.09. The predicted molar refractivity (Wildman–Crippen MR) is 114 cm³/mol. The van der Waals surface area contributed by atoms with Crippen molar-refractivity contribution in [3.05, 3.63) is 47.4 Å². The zero-order valence-electron chi connectivity index (χ0n) is 16.9. The van der Waals surface area contributed by atoms with E-state index in [0.29, 0.717) is 19.6 Å². The van der Waals surface area contributed by atoms with Crippen molar-refractivity contribution in [3.8, 4) is 11.8 Å². The lowest BCUT2D eigenvalue weighted by molar-refractivity contribution is 0.296. The largest absolute Gasteiger partial charge is 0.493 e. The van der Waals surface area contributed by atoms with Crippen molar-refractivity contribution in [2.45, 2.75) is 38.3 Å². The van der Waals surface area contributed by atoms with E-state index in [-0.39, 0.29) is 23.8 Å². The molecule has 0 aliphatic carbocycles. The number of halogens is 1. The molecule has 1 fully saturated rings. The fourth-order valence-electron chi connectivity index (χ4n) is 4.60. The van der Waals surface area contributed by atoms with Crippen LogP contribution in [0.2, 0.25) is 0 Å². The summed E-state index contributed by atoms with van der Waals surface area (Å²) in [4.78, 5) is 12.1. The molecule has 1 unspecified atom stereocenters. The Morgan fingerprint density at radius 1 is 1.27 bits per heavy atom. The monoisotopic (exact) mass is 405 g/mol. The molecule has 1 aromatic carbocycles. The van der Waals surface area contributed by atoms with E-state index in [0.717, 1.165) is 53.6 Å². The van der Waals surface area contributed by atoms with Crippen LogP contribution in [-0.4, -0.2) is 36.4 Å². The fraction of sp³-hybridized carbons (Fsp3) is 0.435. The van der Waals surface area contributed by atoms with Gasteiger partial charge in [-0.2, -0.15) is 5.26 Å². The van der Waals surface area contributed by atoms with Crippen molar-refractivity contribution in [3.63, 3.8) is 0 Å². The van der Waals surface area contributed by atoms with Crippen LogP contribution < -0.4 is 15.0 Å². The first-order valence-corrected chi connectivity index (χ1v) is 10.6. The van der Waals surface area contributed by atoms with E-state index in [1.807, 2.05) is 19.1 Å². The molecule has 0 amide bonds. The van der Waals surface area contributed by atoms with Crippen molar-refractivity contribution >= 4 is 17.2 Å². The Labute approximate surface area is 175 Å². The maximum Gasteiger partial charge on any atom is 0.129 e. The second-order valence-electron chi connectivity index (χ2n) is 8.16. The van der Waals surface area contributed by atoms with E-state index in [9.17, 15) is 9.65 Å². The van der Waals surface area contributed by atoms with Crippen molar-refractivity contribution in [1.29, 1.82) is 5.26 Å². The highest BCUT2D eigenvalue weighted by Crippen LogP contribution is 2.41. The Balaban J connectivity index is 1.66. The minimum Gasteiger partial charge on any atom is -0.493 e. The van der Waals surface area contributed by atoms with Crippen molar-refractivity contribution in [2.75, 3.05) is 29.9 Å². The van der Waals surface area contributed by atoms with E-state index >= 15 is 0 Å². The third-order valence-corrected chi connectivity index (χ3v) is 6.14. The summed E-state index contributed by atoms with van der Waals surface area (Å²) in [5.41, 5.74) is 3.28. The van der Waals surface area contributed by atoms with Gasteiger partial charge in [0.1, 0.15) is 29.0 Å². The summed E-state index contributed by atoms with van der Waals surface area (Å²) in [5, 5.41) is 13.0. The standard InChI is InChI=1S/C23H24FN5O/c1-14-8-10-30-20-6-4-16(24)11-17(20)19-3-2-9-29(19)21-7-5-18-23(28-21)22(27-14)15(12-25)13-26-18/h4-7,11,14-15,19,26H,2-3,8-10,13H2,1H3/t14-,15?,19+/m0/s1. The number of nitrogens with zero attached hydrogens (tertiary/aromatic N) is 4. The zero-order chi connectivity index (χ0) is 20.7. The number of hydrogen-bond acceptors (Lipinski definition) is 6. The summed E-state index contributed by atoms with van der Waals surface area (Å²) in [5.74, 6) is 0.953. The van der Waals surface area contributed by atoms with Gasteiger partial charge in [0, 0.05) is 25.1 Å². The number of anilines is 2. The summed E-state index contributed by atoms with van der Waals surface area (Å²) in [6.07, 6.45) is 2.61. The molecule has 4 heterocycles. The summed E-state index contributed by atoms with van der Waals surface area (Å²) in [7, 11) is 0. The summed E-state index contributed by atoms with van der Waals surface area (Å²) < 4.78 is 20.2. The Hall–Kier alpha value is -3.14. The number of fused-ring (bicyclic) bond motifs is 5. The van der Waals surface area contributed by atoms with E-state index in [1.54, 1.807) is 12.1 Å². The molecule has 3 aliphatic heterocycles. The minimum atomic E-state index is -0.339. The summed E-state index contributed by atoms with van der Waals surface area (Å²) >= 11 is 0. The zero-order valence-corrected chi connectivity index (χ0v) is 16.9. The van der Waals surface area contributed by atoms with Gasteiger partial charge in [0.15, 0.2) is 0 Å². The first-order valence-electron chi connectivity index (χ1n) is 10.6. The molecule has 30 heavy (non-hydrogen) atoms. The molecule has 2 bridgehead atoms. The Bertz CT molecular complexity index is 1050. The van der Waals surface area contributed by atoms with Gasteiger partial charge in [0.2, 0.25) is 0 Å². The smallest absolute Gasteiger partial charge is 0.129 e. The number of ether oxygens (including phenoxy) is 1.